The van der Waals surface area contributed by atoms with Gasteiger partial charge in [0.15, 0.2) is 11.3 Å². The molecule has 1 aromatic carbocycles. The topological polar surface area (TPSA) is 61.6 Å². The molecule has 0 radical (unpaired) electrons. The van der Waals surface area contributed by atoms with Crippen molar-refractivity contribution in [2.24, 2.45) is 0 Å². The monoisotopic (exact) mass is 288 g/mol. The summed E-state index contributed by atoms with van der Waals surface area (Å²) in [6, 6.07) is 7.50. The first-order valence-corrected chi connectivity index (χ1v) is 7.16. The Labute approximate surface area is 123 Å². The van der Waals surface area contributed by atoms with Crippen LogP contribution >= 0.6 is 0 Å². The Hall–Kier alpha value is -1.92. The van der Waals surface area contributed by atoms with Crippen molar-refractivity contribution in [1.29, 1.82) is 0 Å². The van der Waals surface area contributed by atoms with Crippen LogP contribution in [0.2, 0.25) is 0 Å². The van der Waals surface area contributed by atoms with Crippen LogP contribution in [0.4, 0.5) is 0 Å². The van der Waals surface area contributed by atoms with Gasteiger partial charge >= 0.3 is 0 Å². The number of nitrogens with one attached hydrogen (secondary N) is 1. The Kier molecular flexibility index (Phi) is 3.90. The third kappa shape index (κ3) is 3.06. The van der Waals surface area contributed by atoms with Gasteiger partial charge in [-0.15, -0.1) is 0 Å². The number of fused-ring (bicyclic) bond motifs is 1. The number of nitrogens with zero attached hydrogens (tertiary/aromatic N) is 3. The van der Waals surface area contributed by atoms with Crippen molar-refractivity contribution in [2.45, 2.75) is 6.04 Å². The van der Waals surface area contributed by atoms with Crippen molar-refractivity contribution in [2.75, 3.05) is 40.3 Å². The summed E-state index contributed by atoms with van der Waals surface area (Å²) in [6.07, 6.45) is 0. The highest BCUT2D eigenvalue weighted by Gasteiger charge is 2.23. The first-order valence-electron chi connectivity index (χ1n) is 7.16. The molecule has 1 fully saturated rings. The van der Waals surface area contributed by atoms with E-state index in [0.717, 1.165) is 31.6 Å². The summed E-state index contributed by atoms with van der Waals surface area (Å²) in [4.78, 5) is 16.9. The number of para-hydroxylation sites is 1. The molecule has 1 aromatic heterocycles. The molecule has 0 bridgehead atoms. The van der Waals surface area contributed by atoms with Crippen LogP contribution in [-0.2, 0) is 0 Å². The molecule has 2 aromatic rings. The van der Waals surface area contributed by atoms with Gasteiger partial charge in [-0.3, -0.25) is 4.79 Å². The van der Waals surface area contributed by atoms with Crippen LogP contribution in [0.15, 0.2) is 28.8 Å². The predicted molar refractivity (Wildman–Crippen MR) is 80.3 cm³/mol. The van der Waals surface area contributed by atoms with Gasteiger partial charge in [0, 0.05) is 26.2 Å². The van der Waals surface area contributed by atoms with Crippen molar-refractivity contribution in [3.63, 3.8) is 0 Å². The Balaban J connectivity index is 1.76. The van der Waals surface area contributed by atoms with Crippen LogP contribution in [0.1, 0.15) is 10.5 Å². The third-order valence-corrected chi connectivity index (χ3v) is 3.86. The first kappa shape index (κ1) is 14.0. The Morgan fingerprint density at radius 1 is 1.24 bits per heavy atom. The van der Waals surface area contributed by atoms with E-state index in [0.29, 0.717) is 11.3 Å². The lowest BCUT2D eigenvalue weighted by Gasteiger charge is -2.21. The Morgan fingerprint density at radius 2 is 1.90 bits per heavy atom. The van der Waals surface area contributed by atoms with E-state index in [1.165, 1.54) is 0 Å². The molecule has 6 nitrogen and oxygen atoms in total. The molecule has 0 saturated carbocycles. The van der Waals surface area contributed by atoms with Crippen LogP contribution in [0.3, 0.4) is 0 Å². The maximum absolute atomic E-state index is 12.4. The molecule has 1 aliphatic rings. The van der Waals surface area contributed by atoms with E-state index >= 15 is 0 Å². The molecule has 2 heterocycles. The highest BCUT2D eigenvalue weighted by Crippen LogP contribution is 2.17. The Bertz CT molecular complexity index is 627. The number of amides is 1. The van der Waals surface area contributed by atoms with Crippen LogP contribution in [0.25, 0.3) is 11.0 Å². The number of rotatable bonds is 2. The highest BCUT2D eigenvalue weighted by molar-refractivity contribution is 6.04. The summed E-state index contributed by atoms with van der Waals surface area (Å²) in [5, 5.41) is 7.73. The molecular formula is C15H20N4O2. The quantitative estimate of drug-likeness (QED) is 0.886. The van der Waals surface area contributed by atoms with Crippen molar-refractivity contribution in [1.82, 2.24) is 20.3 Å². The van der Waals surface area contributed by atoms with E-state index in [1.807, 2.05) is 24.3 Å². The van der Waals surface area contributed by atoms with Crippen LogP contribution < -0.4 is 5.32 Å². The summed E-state index contributed by atoms with van der Waals surface area (Å²) in [5.74, 6) is -0.173. The zero-order valence-corrected chi connectivity index (χ0v) is 12.4. The number of hydrogen-bond acceptors (Lipinski definition) is 5. The minimum Gasteiger partial charge on any atom is -0.355 e. The molecule has 1 saturated heterocycles. The minimum absolute atomic E-state index is 0.0884. The molecule has 1 N–H and O–H groups in total. The lowest BCUT2D eigenvalue weighted by atomic mass is 10.2. The van der Waals surface area contributed by atoms with Gasteiger partial charge in [-0.05, 0) is 26.2 Å². The molecule has 21 heavy (non-hydrogen) atoms. The van der Waals surface area contributed by atoms with E-state index in [4.69, 9.17) is 4.52 Å². The first-order chi connectivity index (χ1) is 10.1. The lowest BCUT2D eigenvalue weighted by Crippen LogP contribution is -2.45. The normalized spacial score (nSPS) is 18.8. The molecule has 6 heteroatoms. The van der Waals surface area contributed by atoms with Gasteiger partial charge in [-0.25, -0.2) is 0 Å². The average molecular weight is 288 g/mol. The minimum atomic E-state index is -0.173. The van der Waals surface area contributed by atoms with Gasteiger partial charge in [0.25, 0.3) is 5.91 Å². The number of carbonyl (C=O) groups excluding carboxylic acids is 1. The predicted octanol–water partition coefficient (Wildman–Crippen LogP) is 0.803. The standard InChI is InChI=1S/C15H20N4O2/c1-18-7-8-19(2)10-11(9-18)16-15(20)14-12-5-3-4-6-13(12)21-17-14/h3-6,11H,7-10H2,1-2H3,(H,16,20). The molecule has 0 spiro atoms. The van der Waals surface area contributed by atoms with Crippen LogP contribution in [-0.4, -0.2) is 67.2 Å². The van der Waals surface area contributed by atoms with Gasteiger partial charge in [-0.2, -0.15) is 0 Å². The van der Waals surface area contributed by atoms with Gasteiger partial charge in [0.1, 0.15) is 0 Å². The maximum Gasteiger partial charge on any atom is 0.274 e. The number of likely N-dealkylation sites (N-methyl/N-ethyl adjacent to an activating group) is 2. The average Bonchev–Trinajstić information content (AvgIpc) is 2.82. The molecule has 1 aliphatic heterocycles. The second kappa shape index (κ2) is 5.83. The third-order valence-electron chi connectivity index (χ3n) is 3.86. The highest BCUT2D eigenvalue weighted by atomic mass is 16.5. The van der Waals surface area contributed by atoms with E-state index in [9.17, 15) is 4.79 Å². The summed E-state index contributed by atoms with van der Waals surface area (Å²) in [6.45, 7) is 3.70. The molecular weight excluding hydrogens is 268 g/mol. The fraction of sp³-hybridized carbons (Fsp3) is 0.467. The second-order valence-electron chi connectivity index (χ2n) is 5.72. The Morgan fingerprint density at radius 3 is 2.62 bits per heavy atom. The van der Waals surface area contributed by atoms with Gasteiger partial charge in [0.05, 0.1) is 11.4 Å². The summed E-state index contributed by atoms with van der Waals surface area (Å²) in [5.41, 5.74) is 0.998. The van der Waals surface area contributed by atoms with E-state index < -0.39 is 0 Å². The van der Waals surface area contributed by atoms with E-state index in [2.05, 4.69) is 34.4 Å². The zero-order chi connectivity index (χ0) is 14.8. The number of aromatic nitrogens is 1. The van der Waals surface area contributed by atoms with Crippen LogP contribution in [0.5, 0.6) is 0 Å². The maximum atomic E-state index is 12.4. The van der Waals surface area contributed by atoms with Crippen molar-refractivity contribution in [3.8, 4) is 0 Å². The zero-order valence-electron chi connectivity index (χ0n) is 12.4. The lowest BCUT2D eigenvalue weighted by molar-refractivity contribution is 0.0919. The molecule has 1 amide bonds. The van der Waals surface area contributed by atoms with Crippen molar-refractivity contribution >= 4 is 16.9 Å². The fourth-order valence-corrected chi connectivity index (χ4v) is 2.73. The molecule has 3 rings (SSSR count). The van der Waals surface area contributed by atoms with Crippen molar-refractivity contribution < 1.29 is 9.32 Å². The van der Waals surface area contributed by atoms with Crippen molar-refractivity contribution in [3.05, 3.63) is 30.0 Å². The SMILES string of the molecule is CN1CCN(C)CC(NC(=O)c2noc3ccccc23)C1. The smallest absolute Gasteiger partial charge is 0.274 e. The van der Waals surface area contributed by atoms with Gasteiger partial charge in [-0.1, -0.05) is 17.3 Å². The molecule has 112 valence electrons. The van der Waals surface area contributed by atoms with Gasteiger partial charge < -0.3 is 19.6 Å². The fourth-order valence-electron chi connectivity index (χ4n) is 2.73. The summed E-state index contributed by atoms with van der Waals surface area (Å²) in [7, 11) is 4.15. The summed E-state index contributed by atoms with van der Waals surface area (Å²) >= 11 is 0. The van der Waals surface area contributed by atoms with E-state index in [1.54, 1.807) is 0 Å². The molecule has 0 atom stereocenters. The number of carbonyl (C=O) groups is 1. The number of hydrogen-bond donors (Lipinski definition) is 1. The van der Waals surface area contributed by atoms with E-state index in [-0.39, 0.29) is 11.9 Å². The summed E-state index contributed by atoms with van der Waals surface area (Å²) < 4.78 is 5.19. The number of benzene rings is 1. The van der Waals surface area contributed by atoms with Crippen LogP contribution in [0, 0.1) is 0 Å². The molecule has 0 unspecified atom stereocenters. The largest absolute Gasteiger partial charge is 0.355 e. The second-order valence-corrected chi connectivity index (χ2v) is 5.72. The molecule has 0 aliphatic carbocycles. The van der Waals surface area contributed by atoms with Gasteiger partial charge in [0.2, 0.25) is 0 Å².